The van der Waals surface area contributed by atoms with Gasteiger partial charge in [-0.2, -0.15) is 0 Å². The Balaban J connectivity index is 2.25. The molecule has 0 saturated carbocycles. The van der Waals surface area contributed by atoms with Crippen molar-refractivity contribution in [3.05, 3.63) is 41.5 Å². The molecule has 0 aliphatic carbocycles. The predicted octanol–water partition coefficient (Wildman–Crippen LogP) is 2.16. The topological polar surface area (TPSA) is 58.6 Å². The quantitative estimate of drug-likeness (QED) is 0.722. The molecule has 1 atom stereocenters. The maximum Gasteiger partial charge on any atom is 0.244 e. The zero-order valence-corrected chi connectivity index (χ0v) is 13.0. The van der Waals surface area contributed by atoms with Crippen LogP contribution in [0.4, 0.5) is 0 Å². The number of rotatable bonds is 8. The van der Waals surface area contributed by atoms with E-state index in [1.807, 2.05) is 45.0 Å². The number of aryl methyl sites for hydroxylation is 1. The fraction of sp³-hybridized carbons (Fsp3) is 0.471. The molecule has 0 aliphatic heterocycles. The maximum absolute atomic E-state index is 11.6. The van der Waals surface area contributed by atoms with Crippen LogP contribution in [-0.2, 0) is 9.53 Å². The minimum Gasteiger partial charge on any atom is -0.389 e. The minimum absolute atomic E-state index is 0.190. The highest BCUT2D eigenvalue weighted by molar-refractivity contribution is 5.91. The summed E-state index contributed by atoms with van der Waals surface area (Å²) in [5.41, 5.74) is 2.15. The van der Waals surface area contributed by atoms with Gasteiger partial charge < -0.3 is 15.2 Å². The van der Waals surface area contributed by atoms with Crippen molar-refractivity contribution in [1.29, 1.82) is 0 Å². The third-order valence-corrected chi connectivity index (χ3v) is 2.78. The second kappa shape index (κ2) is 9.32. The van der Waals surface area contributed by atoms with E-state index in [4.69, 9.17) is 4.74 Å². The molecule has 1 unspecified atom stereocenters. The summed E-state index contributed by atoms with van der Waals surface area (Å²) in [7, 11) is 0. The fourth-order valence-electron chi connectivity index (χ4n) is 1.63. The molecule has 21 heavy (non-hydrogen) atoms. The number of aliphatic hydroxyl groups is 1. The van der Waals surface area contributed by atoms with Gasteiger partial charge >= 0.3 is 0 Å². The van der Waals surface area contributed by atoms with Crippen LogP contribution in [0, 0.1) is 12.8 Å². The van der Waals surface area contributed by atoms with Crippen LogP contribution in [0.15, 0.2) is 30.3 Å². The number of carbonyl (C=O) groups excluding carboxylic acids is 1. The lowest BCUT2D eigenvalue weighted by molar-refractivity contribution is -0.117. The van der Waals surface area contributed by atoms with Gasteiger partial charge in [0, 0.05) is 19.2 Å². The molecule has 2 N–H and O–H groups in total. The van der Waals surface area contributed by atoms with Gasteiger partial charge in [0.15, 0.2) is 0 Å². The Kier molecular flexibility index (Phi) is 7.72. The molecule has 0 fully saturated rings. The Hall–Kier alpha value is -1.65. The Morgan fingerprint density at radius 2 is 1.95 bits per heavy atom. The Morgan fingerprint density at radius 3 is 2.57 bits per heavy atom. The first-order valence-corrected chi connectivity index (χ1v) is 7.25. The number of amides is 1. The number of nitrogens with one attached hydrogen (secondary N) is 1. The summed E-state index contributed by atoms with van der Waals surface area (Å²) in [6, 6.07) is 7.89. The summed E-state index contributed by atoms with van der Waals surface area (Å²) in [4.78, 5) is 11.6. The summed E-state index contributed by atoms with van der Waals surface area (Å²) < 4.78 is 5.31. The standard InChI is InChI=1S/C17H25NO3/c1-13(2)11-21-12-16(19)10-18-17(20)9-8-15-6-4-14(3)5-7-15/h4-9,13,16,19H,10-12H2,1-3H3,(H,18,20)/b9-8+. The molecular weight excluding hydrogens is 266 g/mol. The molecule has 0 radical (unpaired) electrons. The number of hydrogen-bond donors (Lipinski definition) is 2. The van der Waals surface area contributed by atoms with Crippen molar-refractivity contribution in [1.82, 2.24) is 5.32 Å². The van der Waals surface area contributed by atoms with Crippen LogP contribution in [0.25, 0.3) is 6.08 Å². The molecule has 0 bridgehead atoms. The van der Waals surface area contributed by atoms with Crippen molar-refractivity contribution in [3.63, 3.8) is 0 Å². The van der Waals surface area contributed by atoms with Crippen LogP contribution in [0.2, 0.25) is 0 Å². The largest absolute Gasteiger partial charge is 0.389 e. The summed E-state index contributed by atoms with van der Waals surface area (Å²) in [6.07, 6.45) is 2.53. The molecule has 1 rings (SSSR count). The van der Waals surface area contributed by atoms with Gasteiger partial charge in [-0.25, -0.2) is 0 Å². The summed E-state index contributed by atoms with van der Waals surface area (Å²) in [5.74, 6) is 0.211. The SMILES string of the molecule is Cc1ccc(/C=C/C(=O)NCC(O)COCC(C)C)cc1. The number of aliphatic hydroxyl groups excluding tert-OH is 1. The highest BCUT2D eigenvalue weighted by Crippen LogP contribution is 2.04. The molecule has 1 amide bonds. The van der Waals surface area contributed by atoms with Gasteiger partial charge in [0.2, 0.25) is 5.91 Å². The zero-order chi connectivity index (χ0) is 15.7. The number of carbonyl (C=O) groups is 1. The molecule has 1 aromatic carbocycles. The van der Waals surface area contributed by atoms with Crippen molar-refractivity contribution in [2.24, 2.45) is 5.92 Å². The van der Waals surface area contributed by atoms with Crippen molar-refractivity contribution in [2.75, 3.05) is 19.8 Å². The molecular formula is C17H25NO3. The monoisotopic (exact) mass is 291 g/mol. The first kappa shape index (κ1) is 17.4. The zero-order valence-electron chi connectivity index (χ0n) is 13.0. The lowest BCUT2D eigenvalue weighted by Gasteiger charge is -2.12. The molecule has 4 heteroatoms. The average molecular weight is 291 g/mol. The van der Waals surface area contributed by atoms with Crippen LogP contribution in [0.1, 0.15) is 25.0 Å². The Morgan fingerprint density at radius 1 is 1.29 bits per heavy atom. The maximum atomic E-state index is 11.6. The van der Waals surface area contributed by atoms with Crippen molar-refractivity contribution >= 4 is 12.0 Å². The van der Waals surface area contributed by atoms with E-state index < -0.39 is 6.10 Å². The Labute approximate surface area is 126 Å². The summed E-state index contributed by atoms with van der Waals surface area (Å²) >= 11 is 0. The molecule has 116 valence electrons. The molecule has 0 aromatic heterocycles. The van der Waals surface area contributed by atoms with E-state index in [9.17, 15) is 9.90 Å². The molecule has 0 spiro atoms. The molecule has 1 aromatic rings. The number of hydrogen-bond acceptors (Lipinski definition) is 3. The Bertz CT molecular complexity index is 452. The van der Waals surface area contributed by atoms with Crippen LogP contribution in [0.5, 0.6) is 0 Å². The van der Waals surface area contributed by atoms with Crippen LogP contribution >= 0.6 is 0 Å². The van der Waals surface area contributed by atoms with Gasteiger partial charge in [-0.1, -0.05) is 43.7 Å². The predicted molar refractivity (Wildman–Crippen MR) is 84.9 cm³/mol. The smallest absolute Gasteiger partial charge is 0.244 e. The van der Waals surface area contributed by atoms with E-state index in [1.54, 1.807) is 6.08 Å². The van der Waals surface area contributed by atoms with Gasteiger partial charge in [-0.05, 0) is 24.5 Å². The van der Waals surface area contributed by atoms with Crippen LogP contribution in [0.3, 0.4) is 0 Å². The van der Waals surface area contributed by atoms with E-state index >= 15 is 0 Å². The van der Waals surface area contributed by atoms with Gasteiger partial charge in [-0.15, -0.1) is 0 Å². The third-order valence-electron chi connectivity index (χ3n) is 2.78. The van der Waals surface area contributed by atoms with Gasteiger partial charge in [0.25, 0.3) is 0 Å². The molecule has 0 aliphatic rings. The lowest BCUT2D eigenvalue weighted by atomic mass is 10.1. The van der Waals surface area contributed by atoms with Gasteiger partial charge in [-0.3, -0.25) is 4.79 Å². The van der Waals surface area contributed by atoms with Gasteiger partial charge in [0.1, 0.15) is 0 Å². The highest BCUT2D eigenvalue weighted by atomic mass is 16.5. The van der Waals surface area contributed by atoms with E-state index in [-0.39, 0.29) is 19.1 Å². The fourth-order valence-corrected chi connectivity index (χ4v) is 1.63. The second-order valence-electron chi connectivity index (χ2n) is 5.57. The number of ether oxygens (including phenoxy) is 1. The van der Waals surface area contributed by atoms with Crippen molar-refractivity contribution in [2.45, 2.75) is 26.9 Å². The molecule has 4 nitrogen and oxygen atoms in total. The van der Waals surface area contributed by atoms with E-state index in [0.717, 1.165) is 5.56 Å². The van der Waals surface area contributed by atoms with E-state index in [1.165, 1.54) is 11.6 Å². The first-order valence-electron chi connectivity index (χ1n) is 7.25. The van der Waals surface area contributed by atoms with Crippen molar-refractivity contribution < 1.29 is 14.6 Å². The first-order chi connectivity index (χ1) is 9.97. The molecule has 0 saturated heterocycles. The lowest BCUT2D eigenvalue weighted by Crippen LogP contribution is -2.33. The third kappa shape index (κ3) is 8.27. The molecule has 0 heterocycles. The van der Waals surface area contributed by atoms with Crippen LogP contribution < -0.4 is 5.32 Å². The highest BCUT2D eigenvalue weighted by Gasteiger charge is 2.06. The minimum atomic E-state index is -0.680. The summed E-state index contributed by atoms with van der Waals surface area (Å²) in [6.45, 7) is 7.14. The average Bonchev–Trinajstić information content (AvgIpc) is 2.44. The van der Waals surface area contributed by atoms with Crippen LogP contribution in [-0.4, -0.2) is 36.9 Å². The normalized spacial score (nSPS) is 12.8. The number of benzene rings is 1. The van der Waals surface area contributed by atoms with Gasteiger partial charge in [0.05, 0.1) is 12.7 Å². The van der Waals surface area contributed by atoms with E-state index in [2.05, 4.69) is 5.32 Å². The second-order valence-corrected chi connectivity index (χ2v) is 5.57. The van der Waals surface area contributed by atoms with Crippen molar-refractivity contribution in [3.8, 4) is 0 Å². The summed E-state index contributed by atoms with van der Waals surface area (Å²) in [5, 5.41) is 12.3. The van der Waals surface area contributed by atoms with E-state index in [0.29, 0.717) is 12.5 Å².